The van der Waals surface area contributed by atoms with Crippen LogP contribution in [0.5, 0.6) is 0 Å². The summed E-state index contributed by atoms with van der Waals surface area (Å²) in [5, 5.41) is 9.03. The molecule has 18 heavy (non-hydrogen) atoms. The smallest absolute Gasteiger partial charge is 0.255 e. The molecular formula is C13H19BrN2O2. The zero-order chi connectivity index (χ0) is 13.5. The number of halogens is 1. The summed E-state index contributed by atoms with van der Waals surface area (Å²) < 4.78 is 0.723. The van der Waals surface area contributed by atoms with Crippen molar-refractivity contribution in [1.82, 2.24) is 4.90 Å². The van der Waals surface area contributed by atoms with Gasteiger partial charge in [-0.25, -0.2) is 0 Å². The topological polar surface area (TPSA) is 66.6 Å². The fourth-order valence-corrected chi connectivity index (χ4v) is 2.08. The number of anilines is 1. The molecule has 0 saturated carbocycles. The molecule has 0 unspecified atom stereocenters. The van der Waals surface area contributed by atoms with Gasteiger partial charge in [-0.3, -0.25) is 4.79 Å². The molecule has 1 aromatic carbocycles. The summed E-state index contributed by atoms with van der Waals surface area (Å²) in [6.45, 7) is 3.03. The van der Waals surface area contributed by atoms with Crippen molar-refractivity contribution < 1.29 is 9.90 Å². The van der Waals surface area contributed by atoms with E-state index in [0.29, 0.717) is 24.3 Å². The molecule has 0 aliphatic carbocycles. The number of amides is 1. The van der Waals surface area contributed by atoms with Gasteiger partial charge in [-0.05, 0) is 40.5 Å². The van der Waals surface area contributed by atoms with Crippen molar-refractivity contribution in [1.29, 1.82) is 0 Å². The van der Waals surface area contributed by atoms with Gasteiger partial charge < -0.3 is 15.7 Å². The predicted octanol–water partition coefficient (Wildman–Crippen LogP) is 2.27. The van der Waals surface area contributed by atoms with E-state index in [1.807, 2.05) is 0 Å². The second kappa shape index (κ2) is 7.38. The molecule has 0 radical (unpaired) electrons. The van der Waals surface area contributed by atoms with Crippen molar-refractivity contribution in [3.63, 3.8) is 0 Å². The number of carbonyl (C=O) groups is 1. The molecule has 0 fully saturated rings. The van der Waals surface area contributed by atoms with E-state index in [1.165, 1.54) is 0 Å². The molecule has 4 nitrogen and oxygen atoms in total. The van der Waals surface area contributed by atoms with Crippen LogP contribution in [-0.2, 0) is 0 Å². The van der Waals surface area contributed by atoms with Gasteiger partial charge >= 0.3 is 0 Å². The Morgan fingerprint density at radius 1 is 1.44 bits per heavy atom. The van der Waals surface area contributed by atoms with Gasteiger partial charge in [0.25, 0.3) is 5.91 Å². The Bertz CT molecular complexity index is 410. The highest BCUT2D eigenvalue weighted by molar-refractivity contribution is 9.10. The van der Waals surface area contributed by atoms with Crippen LogP contribution in [0.25, 0.3) is 0 Å². The fraction of sp³-hybridized carbons (Fsp3) is 0.462. The summed E-state index contributed by atoms with van der Waals surface area (Å²) >= 11 is 3.35. The van der Waals surface area contributed by atoms with Crippen molar-refractivity contribution in [2.75, 3.05) is 25.4 Å². The van der Waals surface area contributed by atoms with Crippen LogP contribution in [-0.4, -0.2) is 35.6 Å². The molecule has 0 saturated heterocycles. The lowest BCUT2D eigenvalue weighted by Gasteiger charge is -2.22. The third-order valence-electron chi connectivity index (χ3n) is 2.66. The highest BCUT2D eigenvalue weighted by Crippen LogP contribution is 2.21. The lowest BCUT2D eigenvalue weighted by atomic mass is 10.1. The SMILES string of the molecule is CCCCN(CCO)C(=O)c1cc(N)ccc1Br. The minimum atomic E-state index is -0.100. The van der Waals surface area contributed by atoms with Crippen LogP contribution < -0.4 is 5.73 Å². The molecule has 0 aliphatic rings. The van der Waals surface area contributed by atoms with Crippen molar-refractivity contribution in [2.24, 2.45) is 0 Å². The largest absolute Gasteiger partial charge is 0.399 e. The third kappa shape index (κ3) is 3.99. The minimum Gasteiger partial charge on any atom is -0.399 e. The molecule has 1 aromatic rings. The predicted molar refractivity (Wildman–Crippen MR) is 76.5 cm³/mol. The van der Waals surface area contributed by atoms with Gasteiger partial charge in [0, 0.05) is 23.2 Å². The van der Waals surface area contributed by atoms with E-state index in [4.69, 9.17) is 10.8 Å². The number of carbonyl (C=O) groups excluding carboxylic acids is 1. The number of benzene rings is 1. The number of aliphatic hydroxyl groups excluding tert-OH is 1. The van der Waals surface area contributed by atoms with Crippen molar-refractivity contribution >= 4 is 27.5 Å². The van der Waals surface area contributed by atoms with Crippen molar-refractivity contribution in [2.45, 2.75) is 19.8 Å². The average molecular weight is 315 g/mol. The number of hydrogen-bond donors (Lipinski definition) is 2. The number of nitrogen functional groups attached to an aromatic ring is 1. The molecule has 0 heterocycles. The number of nitrogens with two attached hydrogens (primary N) is 1. The van der Waals surface area contributed by atoms with Crippen LogP contribution >= 0.6 is 15.9 Å². The van der Waals surface area contributed by atoms with E-state index in [9.17, 15) is 4.79 Å². The molecule has 0 spiro atoms. The summed E-state index contributed by atoms with van der Waals surface area (Å²) in [6.07, 6.45) is 1.93. The monoisotopic (exact) mass is 314 g/mol. The Morgan fingerprint density at radius 2 is 2.17 bits per heavy atom. The van der Waals surface area contributed by atoms with Crippen LogP contribution in [0.4, 0.5) is 5.69 Å². The van der Waals surface area contributed by atoms with Gasteiger partial charge in [0.1, 0.15) is 0 Å². The third-order valence-corrected chi connectivity index (χ3v) is 3.35. The van der Waals surface area contributed by atoms with Crippen LogP contribution in [0.15, 0.2) is 22.7 Å². The van der Waals surface area contributed by atoms with Gasteiger partial charge in [-0.1, -0.05) is 13.3 Å². The second-order valence-corrected chi connectivity index (χ2v) is 4.96. The van der Waals surface area contributed by atoms with Crippen LogP contribution in [0.3, 0.4) is 0 Å². The van der Waals surface area contributed by atoms with E-state index < -0.39 is 0 Å². The first kappa shape index (κ1) is 15.0. The van der Waals surface area contributed by atoms with Gasteiger partial charge in [0.05, 0.1) is 12.2 Å². The molecule has 100 valence electrons. The van der Waals surface area contributed by atoms with E-state index in [1.54, 1.807) is 23.1 Å². The maximum atomic E-state index is 12.3. The molecule has 5 heteroatoms. The maximum Gasteiger partial charge on any atom is 0.255 e. The van der Waals surface area contributed by atoms with Gasteiger partial charge in [-0.15, -0.1) is 0 Å². The average Bonchev–Trinajstić information content (AvgIpc) is 2.36. The van der Waals surface area contributed by atoms with E-state index in [0.717, 1.165) is 17.3 Å². The molecule has 0 atom stereocenters. The van der Waals surface area contributed by atoms with Gasteiger partial charge in [0.15, 0.2) is 0 Å². The van der Waals surface area contributed by atoms with Crippen LogP contribution in [0.1, 0.15) is 30.1 Å². The first-order chi connectivity index (χ1) is 8.60. The zero-order valence-electron chi connectivity index (χ0n) is 10.5. The first-order valence-electron chi connectivity index (χ1n) is 6.05. The summed E-state index contributed by atoms with van der Waals surface area (Å²) in [5.74, 6) is -0.100. The summed E-state index contributed by atoms with van der Waals surface area (Å²) in [6, 6.07) is 5.16. The van der Waals surface area contributed by atoms with E-state index in [-0.39, 0.29) is 12.5 Å². The van der Waals surface area contributed by atoms with E-state index >= 15 is 0 Å². The molecule has 0 bridgehead atoms. The summed E-state index contributed by atoms with van der Waals surface area (Å²) in [4.78, 5) is 14.0. The summed E-state index contributed by atoms with van der Waals surface area (Å²) in [7, 11) is 0. The Morgan fingerprint density at radius 3 is 2.78 bits per heavy atom. The molecule has 0 aliphatic heterocycles. The zero-order valence-corrected chi connectivity index (χ0v) is 12.1. The lowest BCUT2D eigenvalue weighted by Crippen LogP contribution is -2.34. The minimum absolute atomic E-state index is 0.0324. The highest BCUT2D eigenvalue weighted by Gasteiger charge is 2.17. The van der Waals surface area contributed by atoms with E-state index in [2.05, 4.69) is 22.9 Å². The molecule has 0 aromatic heterocycles. The lowest BCUT2D eigenvalue weighted by molar-refractivity contribution is 0.0718. The Balaban J connectivity index is 2.90. The molecular weight excluding hydrogens is 296 g/mol. The Kier molecular flexibility index (Phi) is 6.15. The van der Waals surface area contributed by atoms with Crippen LogP contribution in [0, 0.1) is 0 Å². The highest BCUT2D eigenvalue weighted by atomic mass is 79.9. The van der Waals surface area contributed by atoms with Gasteiger partial charge in [-0.2, -0.15) is 0 Å². The first-order valence-corrected chi connectivity index (χ1v) is 6.84. The number of aliphatic hydroxyl groups is 1. The van der Waals surface area contributed by atoms with Gasteiger partial charge in [0.2, 0.25) is 0 Å². The molecule has 1 amide bonds. The van der Waals surface area contributed by atoms with Crippen LogP contribution in [0.2, 0.25) is 0 Å². The van der Waals surface area contributed by atoms with Crippen molar-refractivity contribution in [3.8, 4) is 0 Å². The fourth-order valence-electron chi connectivity index (χ4n) is 1.66. The normalized spacial score (nSPS) is 10.4. The quantitative estimate of drug-likeness (QED) is 0.791. The Labute approximate surface area is 116 Å². The number of unbranched alkanes of at least 4 members (excludes halogenated alkanes) is 1. The molecule has 3 N–H and O–H groups in total. The maximum absolute atomic E-state index is 12.3. The number of rotatable bonds is 6. The van der Waals surface area contributed by atoms with Crippen molar-refractivity contribution in [3.05, 3.63) is 28.2 Å². The Hall–Kier alpha value is -1.07. The summed E-state index contributed by atoms with van der Waals surface area (Å²) in [5.41, 5.74) is 6.80. The number of hydrogen-bond acceptors (Lipinski definition) is 3. The number of nitrogens with zero attached hydrogens (tertiary/aromatic N) is 1. The molecule has 1 rings (SSSR count). The standard InChI is InChI=1S/C13H19BrN2O2/c1-2-3-6-16(7-8-17)13(18)11-9-10(15)4-5-12(11)14/h4-5,9,17H,2-3,6-8,15H2,1H3. The second-order valence-electron chi connectivity index (χ2n) is 4.11.